The minimum absolute atomic E-state index is 0.117. The number of nitrogens with zero attached hydrogens (tertiary/aromatic N) is 6. The molecule has 0 saturated heterocycles. The fraction of sp³-hybridized carbons (Fsp3) is 0.182. The zero-order valence-electron chi connectivity index (χ0n) is 18.1. The highest BCUT2D eigenvalue weighted by Gasteiger charge is 2.16. The molecule has 1 aromatic carbocycles. The predicted molar refractivity (Wildman–Crippen MR) is 117 cm³/mol. The van der Waals surface area contributed by atoms with Gasteiger partial charge in [-0.2, -0.15) is 4.98 Å². The third kappa shape index (κ3) is 4.92. The van der Waals surface area contributed by atoms with Crippen molar-refractivity contribution in [3.8, 4) is 29.2 Å². The maximum absolute atomic E-state index is 14.4. The van der Waals surface area contributed by atoms with Crippen LogP contribution in [-0.2, 0) is 0 Å². The molecule has 1 N–H and O–H groups in total. The van der Waals surface area contributed by atoms with Crippen molar-refractivity contribution in [3.63, 3.8) is 0 Å². The van der Waals surface area contributed by atoms with E-state index in [0.717, 1.165) is 6.07 Å². The molecule has 1 amide bonds. The lowest BCUT2D eigenvalue weighted by atomic mass is 10.2. The lowest BCUT2D eigenvalue weighted by Crippen LogP contribution is -2.15. The molecule has 0 bridgehead atoms. The van der Waals surface area contributed by atoms with Gasteiger partial charge in [-0.15, -0.1) is 10.2 Å². The fourth-order valence-electron chi connectivity index (χ4n) is 2.96. The summed E-state index contributed by atoms with van der Waals surface area (Å²) in [6, 6.07) is 10.6. The van der Waals surface area contributed by atoms with Gasteiger partial charge in [0, 0.05) is 18.3 Å². The first kappa shape index (κ1) is 21.8. The van der Waals surface area contributed by atoms with E-state index >= 15 is 0 Å². The Labute approximate surface area is 188 Å². The van der Waals surface area contributed by atoms with E-state index in [1.54, 1.807) is 24.5 Å². The van der Waals surface area contributed by atoms with Crippen LogP contribution in [0.1, 0.15) is 30.2 Å². The number of carbonyl (C=O) groups excluding carboxylic acids is 1. The second-order valence-corrected chi connectivity index (χ2v) is 7.14. The number of amides is 1. The summed E-state index contributed by atoms with van der Waals surface area (Å²) < 4.78 is 26.8. The number of rotatable bonds is 7. The van der Waals surface area contributed by atoms with Crippen molar-refractivity contribution >= 4 is 11.7 Å². The molecule has 4 rings (SSSR count). The molecular weight excluding hydrogens is 429 g/mol. The highest BCUT2D eigenvalue weighted by molar-refractivity contribution is 6.04. The zero-order valence-corrected chi connectivity index (χ0v) is 18.1. The monoisotopic (exact) mass is 449 g/mol. The van der Waals surface area contributed by atoms with E-state index in [1.165, 1.54) is 31.5 Å². The van der Waals surface area contributed by atoms with Crippen LogP contribution in [0.5, 0.6) is 17.6 Å². The van der Waals surface area contributed by atoms with E-state index in [1.807, 2.05) is 18.4 Å². The summed E-state index contributed by atoms with van der Waals surface area (Å²) in [5.41, 5.74) is 0.306. The molecule has 4 aromatic rings. The van der Waals surface area contributed by atoms with Gasteiger partial charge in [-0.1, -0.05) is 6.07 Å². The van der Waals surface area contributed by atoms with Crippen molar-refractivity contribution < 1.29 is 18.7 Å². The topological polar surface area (TPSA) is 117 Å². The fourth-order valence-corrected chi connectivity index (χ4v) is 2.96. The summed E-state index contributed by atoms with van der Waals surface area (Å²) in [4.78, 5) is 25.1. The lowest BCUT2D eigenvalue weighted by Gasteiger charge is -2.11. The Morgan fingerprint density at radius 3 is 2.79 bits per heavy atom. The summed E-state index contributed by atoms with van der Waals surface area (Å²) in [7, 11) is 1.43. The molecule has 3 aromatic heterocycles. The van der Waals surface area contributed by atoms with Crippen LogP contribution in [0.25, 0.3) is 11.5 Å². The van der Waals surface area contributed by atoms with Crippen LogP contribution < -0.4 is 14.8 Å². The lowest BCUT2D eigenvalue weighted by molar-refractivity contribution is 0.102. The number of hydrogen-bond donors (Lipinski definition) is 1. The van der Waals surface area contributed by atoms with Crippen molar-refractivity contribution in [2.45, 2.75) is 19.9 Å². The molecule has 0 aliphatic heterocycles. The number of carbonyl (C=O) groups is 1. The second-order valence-electron chi connectivity index (χ2n) is 7.14. The van der Waals surface area contributed by atoms with Gasteiger partial charge in [0.2, 0.25) is 5.88 Å². The van der Waals surface area contributed by atoms with Gasteiger partial charge in [0.15, 0.2) is 5.82 Å². The Kier molecular flexibility index (Phi) is 6.20. The third-order valence-electron chi connectivity index (χ3n) is 4.54. The summed E-state index contributed by atoms with van der Waals surface area (Å²) in [5.74, 6) is -0.202. The first-order valence-electron chi connectivity index (χ1n) is 9.97. The van der Waals surface area contributed by atoms with Crippen LogP contribution in [0.2, 0.25) is 0 Å². The number of anilines is 1. The van der Waals surface area contributed by atoms with Gasteiger partial charge in [-0.3, -0.25) is 4.79 Å². The van der Waals surface area contributed by atoms with Crippen LogP contribution in [0.4, 0.5) is 10.2 Å². The molecule has 10 nitrogen and oxygen atoms in total. The summed E-state index contributed by atoms with van der Waals surface area (Å²) in [6.07, 6.45) is 3.07. The molecule has 0 atom stereocenters. The van der Waals surface area contributed by atoms with Crippen molar-refractivity contribution in [3.05, 3.63) is 66.4 Å². The average Bonchev–Trinajstić information content (AvgIpc) is 3.31. The summed E-state index contributed by atoms with van der Waals surface area (Å²) in [5, 5.41) is 10.6. The number of nitrogens with one attached hydrogen (secondary N) is 1. The molecule has 168 valence electrons. The standard InChI is InChI=1S/C22H20FN7O3/c1-13(2)30-12-25-29-20(30)17-5-4-6-18(26-17)27-21(31)15-11-14(7-8-16(15)23)33-19-9-10-24-22(28-19)32-3/h4-13H,1-3H3,(H,26,27,31). The number of pyridine rings is 1. The largest absolute Gasteiger partial charge is 0.467 e. The number of benzene rings is 1. The molecule has 0 radical (unpaired) electrons. The molecule has 0 saturated carbocycles. The van der Waals surface area contributed by atoms with Crippen LogP contribution in [-0.4, -0.2) is 42.7 Å². The SMILES string of the molecule is COc1nccc(Oc2ccc(F)c(C(=O)Nc3cccc(-c4nncn4C(C)C)n3)c2)n1. The van der Waals surface area contributed by atoms with Gasteiger partial charge in [-0.05, 0) is 44.2 Å². The Balaban J connectivity index is 1.55. The van der Waals surface area contributed by atoms with Crippen LogP contribution in [0.3, 0.4) is 0 Å². The van der Waals surface area contributed by atoms with Gasteiger partial charge in [0.1, 0.15) is 29.4 Å². The van der Waals surface area contributed by atoms with Crippen molar-refractivity contribution in [1.29, 1.82) is 0 Å². The van der Waals surface area contributed by atoms with Gasteiger partial charge in [0.05, 0.1) is 12.7 Å². The molecule has 0 spiro atoms. The smallest absolute Gasteiger partial charge is 0.319 e. The maximum Gasteiger partial charge on any atom is 0.319 e. The number of methoxy groups -OCH3 is 1. The van der Waals surface area contributed by atoms with Gasteiger partial charge >= 0.3 is 6.01 Å². The molecule has 0 aliphatic carbocycles. The zero-order chi connectivity index (χ0) is 23.4. The van der Waals surface area contributed by atoms with Crippen molar-refractivity contribution in [1.82, 2.24) is 29.7 Å². The molecule has 0 unspecified atom stereocenters. The molecular formula is C22H20FN7O3. The molecule has 3 heterocycles. The number of ether oxygens (including phenoxy) is 2. The second kappa shape index (κ2) is 9.39. The normalized spacial score (nSPS) is 10.8. The first-order valence-corrected chi connectivity index (χ1v) is 9.97. The first-order chi connectivity index (χ1) is 15.9. The van der Waals surface area contributed by atoms with Crippen LogP contribution in [0, 0.1) is 5.82 Å². The Morgan fingerprint density at radius 2 is 2.00 bits per heavy atom. The number of halogens is 1. The predicted octanol–water partition coefficient (Wildman–Crippen LogP) is 3.90. The summed E-state index contributed by atoms with van der Waals surface area (Å²) >= 11 is 0. The quantitative estimate of drug-likeness (QED) is 0.451. The van der Waals surface area contributed by atoms with E-state index in [2.05, 4.69) is 30.5 Å². The highest BCUT2D eigenvalue weighted by Crippen LogP contribution is 2.24. The highest BCUT2D eigenvalue weighted by atomic mass is 19.1. The summed E-state index contributed by atoms with van der Waals surface area (Å²) in [6.45, 7) is 3.99. The van der Waals surface area contributed by atoms with E-state index in [4.69, 9.17) is 9.47 Å². The number of aromatic nitrogens is 6. The van der Waals surface area contributed by atoms with E-state index < -0.39 is 11.7 Å². The van der Waals surface area contributed by atoms with Gasteiger partial charge < -0.3 is 19.4 Å². The van der Waals surface area contributed by atoms with Crippen molar-refractivity contribution in [2.24, 2.45) is 0 Å². The molecule has 0 aliphatic rings. The minimum atomic E-state index is -0.712. The Bertz CT molecular complexity index is 1290. The van der Waals surface area contributed by atoms with Crippen molar-refractivity contribution in [2.75, 3.05) is 12.4 Å². The van der Waals surface area contributed by atoms with E-state index in [9.17, 15) is 9.18 Å². The maximum atomic E-state index is 14.4. The molecule has 33 heavy (non-hydrogen) atoms. The van der Waals surface area contributed by atoms with Gasteiger partial charge in [0.25, 0.3) is 5.91 Å². The molecule has 0 fully saturated rings. The molecule has 11 heteroatoms. The van der Waals surface area contributed by atoms with Crippen LogP contribution in [0.15, 0.2) is 55.0 Å². The number of hydrogen-bond acceptors (Lipinski definition) is 8. The van der Waals surface area contributed by atoms with E-state index in [-0.39, 0.29) is 35.1 Å². The van der Waals surface area contributed by atoms with Crippen LogP contribution >= 0.6 is 0 Å². The van der Waals surface area contributed by atoms with E-state index in [0.29, 0.717) is 11.5 Å². The Morgan fingerprint density at radius 1 is 1.15 bits per heavy atom. The Hall–Kier alpha value is -4.41. The third-order valence-corrected chi connectivity index (χ3v) is 4.54. The van der Waals surface area contributed by atoms with Gasteiger partial charge in [-0.25, -0.2) is 14.4 Å². The minimum Gasteiger partial charge on any atom is -0.467 e. The average molecular weight is 449 g/mol.